The molecule has 0 aromatic heterocycles. The van der Waals surface area contributed by atoms with E-state index >= 15 is 0 Å². The number of unbranched alkanes of at least 4 members (excludes halogenated alkanes) is 9. The lowest BCUT2D eigenvalue weighted by Crippen LogP contribution is -2.11. The second kappa shape index (κ2) is 17.2. The highest BCUT2D eigenvalue weighted by Crippen LogP contribution is 2.21. The molecule has 0 aliphatic rings. The molecule has 0 N–H and O–H groups in total. The van der Waals surface area contributed by atoms with E-state index in [1.807, 2.05) is 43.3 Å². The van der Waals surface area contributed by atoms with Gasteiger partial charge in [-0.25, -0.2) is 0 Å². The van der Waals surface area contributed by atoms with E-state index in [0.29, 0.717) is 6.42 Å². The Labute approximate surface area is 208 Å². The maximum atomic E-state index is 12.4. The molecule has 0 radical (unpaired) electrons. The quantitative estimate of drug-likeness (QED) is 0.163. The molecular weight excluding hydrogens is 420 g/mol. The molecule has 3 nitrogen and oxygen atoms in total. The molecule has 0 aliphatic heterocycles. The lowest BCUT2D eigenvalue weighted by Gasteiger charge is -2.15. The van der Waals surface area contributed by atoms with E-state index in [1.54, 1.807) is 0 Å². The minimum absolute atomic E-state index is 0.193. The SMILES string of the molecule is CCCCCCCCCCOc1ccc(C(C)OC(=O)Cc2ccc(CCCCC)cc2)cc1. The first kappa shape index (κ1) is 28.0. The Morgan fingerprint density at radius 2 is 1.26 bits per heavy atom. The Kier molecular flexibility index (Phi) is 14.1. The number of hydrogen-bond acceptors (Lipinski definition) is 3. The van der Waals surface area contributed by atoms with Gasteiger partial charge in [0, 0.05) is 0 Å². The van der Waals surface area contributed by atoms with Crippen molar-refractivity contribution < 1.29 is 14.3 Å². The van der Waals surface area contributed by atoms with Gasteiger partial charge >= 0.3 is 5.97 Å². The van der Waals surface area contributed by atoms with Crippen LogP contribution in [0.25, 0.3) is 0 Å². The highest BCUT2D eigenvalue weighted by Gasteiger charge is 2.13. The molecule has 0 saturated heterocycles. The van der Waals surface area contributed by atoms with Gasteiger partial charge in [-0.05, 0) is 55.0 Å². The molecule has 0 fully saturated rings. The maximum Gasteiger partial charge on any atom is 0.310 e. The lowest BCUT2D eigenvalue weighted by molar-refractivity contribution is -0.147. The van der Waals surface area contributed by atoms with Gasteiger partial charge in [0.15, 0.2) is 0 Å². The molecule has 0 saturated carbocycles. The Morgan fingerprint density at radius 1 is 0.706 bits per heavy atom. The van der Waals surface area contributed by atoms with Gasteiger partial charge in [0.25, 0.3) is 0 Å². The summed E-state index contributed by atoms with van der Waals surface area (Å²) in [5, 5.41) is 0. The van der Waals surface area contributed by atoms with Crippen LogP contribution >= 0.6 is 0 Å². The summed E-state index contributed by atoms with van der Waals surface area (Å²) < 4.78 is 11.5. The molecule has 0 aliphatic carbocycles. The number of carbonyl (C=O) groups is 1. The second-order valence-electron chi connectivity index (χ2n) is 9.47. The van der Waals surface area contributed by atoms with Crippen LogP contribution in [0.5, 0.6) is 5.75 Å². The van der Waals surface area contributed by atoms with Gasteiger partial charge in [-0.3, -0.25) is 4.79 Å². The minimum atomic E-state index is -0.275. The summed E-state index contributed by atoms with van der Waals surface area (Å²) >= 11 is 0. The van der Waals surface area contributed by atoms with Crippen molar-refractivity contribution in [2.24, 2.45) is 0 Å². The van der Waals surface area contributed by atoms with Crippen molar-refractivity contribution in [1.82, 2.24) is 0 Å². The van der Waals surface area contributed by atoms with Crippen LogP contribution in [0.15, 0.2) is 48.5 Å². The Balaban J connectivity index is 1.65. The second-order valence-corrected chi connectivity index (χ2v) is 9.47. The molecule has 0 amide bonds. The molecule has 2 aromatic carbocycles. The van der Waals surface area contributed by atoms with Crippen LogP contribution in [-0.4, -0.2) is 12.6 Å². The van der Waals surface area contributed by atoms with Crippen LogP contribution < -0.4 is 4.74 Å². The fourth-order valence-corrected chi connectivity index (χ4v) is 4.14. The van der Waals surface area contributed by atoms with Crippen molar-refractivity contribution in [2.75, 3.05) is 6.61 Å². The van der Waals surface area contributed by atoms with Crippen LogP contribution in [0.4, 0.5) is 0 Å². The first-order valence-corrected chi connectivity index (χ1v) is 13.6. The highest BCUT2D eigenvalue weighted by atomic mass is 16.5. The fourth-order valence-electron chi connectivity index (χ4n) is 4.14. The number of hydrogen-bond donors (Lipinski definition) is 0. The molecule has 34 heavy (non-hydrogen) atoms. The van der Waals surface area contributed by atoms with Gasteiger partial charge in [0.1, 0.15) is 11.9 Å². The Morgan fingerprint density at radius 3 is 1.91 bits per heavy atom. The summed E-state index contributed by atoms with van der Waals surface area (Å²) in [6.45, 7) is 7.16. The van der Waals surface area contributed by atoms with Crippen molar-refractivity contribution in [2.45, 2.75) is 110 Å². The first-order chi connectivity index (χ1) is 16.6. The van der Waals surface area contributed by atoms with Crippen LogP contribution in [0.3, 0.4) is 0 Å². The van der Waals surface area contributed by atoms with Gasteiger partial charge < -0.3 is 9.47 Å². The van der Waals surface area contributed by atoms with Gasteiger partial charge in [0.05, 0.1) is 13.0 Å². The van der Waals surface area contributed by atoms with Crippen LogP contribution in [0.2, 0.25) is 0 Å². The maximum absolute atomic E-state index is 12.4. The van der Waals surface area contributed by atoms with Crippen molar-refractivity contribution in [3.05, 3.63) is 65.2 Å². The van der Waals surface area contributed by atoms with Crippen LogP contribution in [0, 0.1) is 0 Å². The molecule has 0 bridgehead atoms. The molecule has 1 atom stereocenters. The monoisotopic (exact) mass is 466 g/mol. The zero-order valence-electron chi connectivity index (χ0n) is 21.8. The zero-order chi connectivity index (χ0) is 24.4. The molecule has 0 heterocycles. The van der Waals surface area contributed by atoms with Gasteiger partial charge in [-0.15, -0.1) is 0 Å². The van der Waals surface area contributed by atoms with E-state index in [0.717, 1.165) is 36.3 Å². The summed E-state index contributed by atoms with van der Waals surface area (Å²) in [5.41, 5.74) is 3.32. The molecule has 188 valence electrons. The predicted molar refractivity (Wildman–Crippen MR) is 142 cm³/mol. The van der Waals surface area contributed by atoms with E-state index in [4.69, 9.17) is 9.47 Å². The number of carbonyl (C=O) groups excluding carboxylic acids is 1. The van der Waals surface area contributed by atoms with E-state index < -0.39 is 0 Å². The van der Waals surface area contributed by atoms with Crippen molar-refractivity contribution in [3.8, 4) is 5.75 Å². The topological polar surface area (TPSA) is 35.5 Å². The van der Waals surface area contributed by atoms with Gasteiger partial charge in [-0.2, -0.15) is 0 Å². The van der Waals surface area contributed by atoms with Gasteiger partial charge in [-0.1, -0.05) is 108 Å². The molecule has 2 rings (SSSR count). The van der Waals surface area contributed by atoms with E-state index in [-0.39, 0.29) is 12.1 Å². The van der Waals surface area contributed by atoms with Gasteiger partial charge in [0.2, 0.25) is 0 Å². The predicted octanol–water partition coefficient (Wildman–Crippen LogP) is 8.79. The normalized spacial score (nSPS) is 11.9. The van der Waals surface area contributed by atoms with E-state index in [2.05, 4.69) is 26.0 Å². The third kappa shape index (κ3) is 11.7. The van der Waals surface area contributed by atoms with Crippen molar-refractivity contribution >= 4 is 5.97 Å². The average Bonchev–Trinajstić information content (AvgIpc) is 2.84. The summed E-state index contributed by atoms with van der Waals surface area (Å²) in [5.74, 6) is 0.686. The van der Waals surface area contributed by atoms with Crippen LogP contribution in [0.1, 0.15) is 114 Å². The summed E-state index contributed by atoms with van der Waals surface area (Å²) in [4.78, 5) is 12.4. The number of rotatable bonds is 18. The smallest absolute Gasteiger partial charge is 0.310 e. The molecule has 2 aromatic rings. The van der Waals surface area contributed by atoms with Crippen LogP contribution in [-0.2, 0) is 22.4 Å². The summed E-state index contributed by atoms with van der Waals surface area (Å²) in [7, 11) is 0. The van der Waals surface area contributed by atoms with Crippen molar-refractivity contribution in [3.63, 3.8) is 0 Å². The minimum Gasteiger partial charge on any atom is -0.494 e. The first-order valence-electron chi connectivity index (χ1n) is 13.6. The fraction of sp³-hybridized carbons (Fsp3) is 0.581. The third-order valence-corrected chi connectivity index (χ3v) is 6.36. The summed E-state index contributed by atoms with van der Waals surface area (Å²) in [6.07, 6.45) is 15.2. The Bertz CT molecular complexity index is 779. The molecule has 3 heteroatoms. The van der Waals surface area contributed by atoms with E-state index in [9.17, 15) is 4.79 Å². The van der Waals surface area contributed by atoms with E-state index in [1.165, 1.54) is 69.8 Å². The average molecular weight is 467 g/mol. The van der Waals surface area contributed by atoms with Crippen molar-refractivity contribution in [1.29, 1.82) is 0 Å². The standard InChI is InChI=1S/C31H46O3/c1-4-6-8-9-10-11-12-14-24-33-30-22-20-29(21-23-30)26(3)34-31(32)25-28-18-16-27(17-19-28)15-13-7-5-2/h16-23,26H,4-15,24-25H2,1-3H3. The lowest BCUT2D eigenvalue weighted by atomic mass is 10.0. The number of benzene rings is 2. The molecular formula is C31H46O3. The zero-order valence-corrected chi connectivity index (χ0v) is 21.8. The number of ether oxygens (including phenoxy) is 2. The third-order valence-electron chi connectivity index (χ3n) is 6.36. The highest BCUT2D eigenvalue weighted by molar-refractivity contribution is 5.72. The number of esters is 1. The Hall–Kier alpha value is -2.29. The summed E-state index contributed by atoms with van der Waals surface area (Å²) in [6, 6.07) is 16.3. The largest absolute Gasteiger partial charge is 0.494 e. The molecule has 0 spiro atoms. The molecule has 1 unspecified atom stereocenters. The number of aryl methyl sites for hydroxylation is 1.